The van der Waals surface area contributed by atoms with E-state index in [9.17, 15) is 4.79 Å². The van der Waals surface area contributed by atoms with Crippen LogP contribution in [-0.4, -0.2) is 44.7 Å². The Morgan fingerprint density at radius 3 is 2.85 bits per heavy atom. The van der Waals surface area contributed by atoms with Gasteiger partial charge in [-0.1, -0.05) is 23.7 Å². The molecule has 0 spiro atoms. The van der Waals surface area contributed by atoms with Crippen LogP contribution in [0.1, 0.15) is 35.9 Å². The van der Waals surface area contributed by atoms with Gasteiger partial charge in [-0.15, -0.1) is 10.2 Å². The molecule has 0 saturated carbocycles. The molecule has 2 atom stereocenters. The van der Waals surface area contributed by atoms with E-state index in [0.717, 1.165) is 43.4 Å². The molecule has 7 heteroatoms. The number of benzene rings is 1. The van der Waals surface area contributed by atoms with Crippen molar-refractivity contribution in [2.24, 2.45) is 11.8 Å². The minimum absolute atomic E-state index is 0.0893. The maximum atomic E-state index is 12.4. The molecule has 138 valence electrons. The van der Waals surface area contributed by atoms with Crippen molar-refractivity contribution in [2.45, 2.75) is 39.4 Å². The van der Waals surface area contributed by atoms with Gasteiger partial charge in [0, 0.05) is 43.7 Å². The molecule has 1 N–H and O–H groups in total. The molecule has 0 aliphatic carbocycles. The van der Waals surface area contributed by atoms with Gasteiger partial charge in [0.1, 0.15) is 5.82 Å². The zero-order chi connectivity index (χ0) is 18.3. The number of halogens is 1. The molecule has 3 heterocycles. The Hall–Kier alpha value is -1.92. The first kappa shape index (κ1) is 17.5. The number of hydrogen-bond donors (Lipinski definition) is 1. The van der Waals surface area contributed by atoms with Crippen LogP contribution in [0, 0.1) is 11.8 Å². The fraction of sp³-hybridized carbons (Fsp3) is 0.526. The van der Waals surface area contributed by atoms with Gasteiger partial charge in [0.05, 0.1) is 0 Å². The van der Waals surface area contributed by atoms with Crippen molar-refractivity contribution in [2.75, 3.05) is 13.1 Å². The number of hydrogen-bond acceptors (Lipinski definition) is 4. The fourth-order valence-electron chi connectivity index (χ4n) is 4.14. The standard InChI is InChI=1S/C19H24ClN5O/c1-12(2)21-19(26)18-23-22-17-7-14-9-24(10-15(14)11-25(17)18)8-13-4-3-5-16(20)6-13/h3-6,12,14-15H,7-11H2,1-2H3,(H,21,26)/t14-,15-/m1/s1. The van der Waals surface area contributed by atoms with E-state index in [1.807, 2.05) is 36.6 Å². The van der Waals surface area contributed by atoms with Crippen LogP contribution in [-0.2, 0) is 19.5 Å². The highest BCUT2D eigenvalue weighted by atomic mass is 35.5. The highest BCUT2D eigenvalue weighted by molar-refractivity contribution is 6.30. The van der Waals surface area contributed by atoms with Crippen molar-refractivity contribution in [3.05, 3.63) is 46.5 Å². The van der Waals surface area contributed by atoms with Gasteiger partial charge >= 0.3 is 0 Å². The average molecular weight is 374 g/mol. The van der Waals surface area contributed by atoms with E-state index in [0.29, 0.717) is 17.7 Å². The van der Waals surface area contributed by atoms with Crippen molar-refractivity contribution in [3.63, 3.8) is 0 Å². The van der Waals surface area contributed by atoms with Crippen LogP contribution in [0.5, 0.6) is 0 Å². The second-order valence-corrected chi connectivity index (χ2v) is 8.16. The van der Waals surface area contributed by atoms with Crippen LogP contribution in [0.2, 0.25) is 5.02 Å². The van der Waals surface area contributed by atoms with E-state index in [2.05, 4.69) is 26.5 Å². The summed E-state index contributed by atoms with van der Waals surface area (Å²) < 4.78 is 2.02. The zero-order valence-electron chi connectivity index (χ0n) is 15.2. The lowest BCUT2D eigenvalue weighted by Gasteiger charge is -2.25. The largest absolute Gasteiger partial charge is 0.347 e. The minimum Gasteiger partial charge on any atom is -0.347 e. The molecule has 1 amide bonds. The topological polar surface area (TPSA) is 63.1 Å². The van der Waals surface area contributed by atoms with E-state index in [1.165, 1.54) is 5.56 Å². The lowest BCUT2D eigenvalue weighted by atomic mass is 9.89. The molecule has 1 aromatic carbocycles. The van der Waals surface area contributed by atoms with Gasteiger partial charge in [-0.25, -0.2) is 0 Å². The van der Waals surface area contributed by atoms with Crippen molar-refractivity contribution < 1.29 is 4.79 Å². The molecule has 2 aliphatic heterocycles. The summed E-state index contributed by atoms with van der Waals surface area (Å²) in [5, 5.41) is 12.1. The van der Waals surface area contributed by atoms with Crippen molar-refractivity contribution >= 4 is 17.5 Å². The molecule has 2 aliphatic rings. The monoisotopic (exact) mass is 373 g/mol. The molecule has 0 bridgehead atoms. The van der Waals surface area contributed by atoms with E-state index in [4.69, 9.17) is 11.6 Å². The Morgan fingerprint density at radius 1 is 1.27 bits per heavy atom. The molecule has 0 radical (unpaired) electrons. The molecule has 4 rings (SSSR count). The minimum atomic E-state index is -0.133. The molecule has 2 aromatic rings. The summed E-state index contributed by atoms with van der Waals surface area (Å²) in [5.74, 6) is 2.35. The number of amides is 1. The van der Waals surface area contributed by atoms with Gasteiger partial charge in [0.15, 0.2) is 0 Å². The Balaban J connectivity index is 1.45. The summed E-state index contributed by atoms with van der Waals surface area (Å²) >= 11 is 6.11. The summed E-state index contributed by atoms with van der Waals surface area (Å²) in [5.41, 5.74) is 1.24. The number of rotatable bonds is 4. The highest BCUT2D eigenvalue weighted by Crippen LogP contribution is 2.33. The summed E-state index contributed by atoms with van der Waals surface area (Å²) in [6.45, 7) is 7.71. The first-order valence-corrected chi connectivity index (χ1v) is 9.57. The maximum absolute atomic E-state index is 12.4. The van der Waals surface area contributed by atoms with Gasteiger partial charge in [-0.2, -0.15) is 0 Å². The molecule has 1 fully saturated rings. The second-order valence-electron chi connectivity index (χ2n) is 7.73. The Morgan fingerprint density at radius 2 is 2.08 bits per heavy atom. The zero-order valence-corrected chi connectivity index (χ0v) is 15.9. The number of carbonyl (C=O) groups is 1. The third kappa shape index (κ3) is 3.48. The molecule has 0 unspecified atom stereocenters. The first-order valence-electron chi connectivity index (χ1n) is 9.19. The molecule has 1 saturated heterocycles. The lowest BCUT2D eigenvalue weighted by Crippen LogP contribution is -2.35. The number of nitrogens with one attached hydrogen (secondary N) is 1. The Bertz CT molecular complexity index is 818. The summed E-state index contributed by atoms with van der Waals surface area (Å²) in [4.78, 5) is 14.8. The van der Waals surface area contributed by atoms with Gasteiger partial charge in [0.2, 0.25) is 5.82 Å². The predicted octanol–water partition coefficient (Wildman–Crippen LogP) is 2.37. The molecular weight excluding hydrogens is 350 g/mol. The van der Waals surface area contributed by atoms with Gasteiger partial charge in [0.25, 0.3) is 5.91 Å². The summed E-state index contributed by atoms with van der Waals surface area (Å²) in [7, 11) is 0. The summed E-state index contributed by atoms with van der Waals surface area (Å²) in [6.07, 6.45) is 0.888. The van der Waals surface area contributed by atoms with Crippen molar-refractivity contribution in [1.29, 1.82) is 0 Å². The number of fused-ring (bicyclic) bond motifs is 2. The fourth-order valence-corrected chi connectivity index (χ4v) is 4.35. The number of aromatic nitrogens is 3. The van der Waals surface area contributed by atoms with E-state index >= 15 is 0 Å². The Labute approximate surface area is 158 Å². The number of nitrogens with zero attached hydrogens (tertiary/aromatic N) is 4. The normalized spacial score (nSPS) is 22.3. The van der Waals surface area contributed by atoms with Crippen LogP contribution in [0.25, 0.3) is 0 Å². The first-order chi connectivity index (χ1) is 12.5. The van der Waals surface area contributed by atoms with Gasteiger partial charge < -0.3 is 9.88 Å². The lowest BCUT2D eigenvalue weighted by molar-refractivity contribution is 0.0924. The SMILES string of the molecule is CC(C)NC(=O)c1nnc2n1C[C@H]1CN(Cc3cccc(Cl)c3)C[C@H]1C2. The van der Waals surface area contributed by atoms with Crippen LogP contribution < -0.4 is 5.32 Å². The Kier molecular flexibility index (Phi) is 4.71. The quantitative estimate of drug-likeness (QED) is 0.893. The molecule has 26 heavy (non-hydrogen) atoms. The van der Waals surface area contributed by atoms with E-state index in [-0.39, 0.29) is 11.9 Å². The average Bonchev–Trinajstić information content (AvgIpc) is 3.14. The molecular formula is C19H24ClN5O. The predicted molar refractivity (Wildman–Crippen MR) is 100 cm³/mol. The third-order valence-corrected chi connectivity index (χ3v) is 5.49. The van der Waals surface area contributed by atoms with Crippen LogP contribution >= 0.6 is 11.6 Å². The highest BCUT2D eigenvalue weighted by Gasteiger charge is 2.39. The van der Waals surface area contributed by atoms with E-state index < -0.39 is 0 Å². The third-order valence-electron chi connectivity index (χ3n) is 5.26. The van der Waals surface area contributed by atoms with Gasteiger partial charge in [-0.3, -0.25) is 9.69 Å². The van der Waals surface area contributed by atoms with E-state index in [1.54, 1.807) is 0 Å². The van der Waals surface area contributed by atoms with Crippen LogP contribution in [0.3, 0.4) is 0 Å². The maximum Gasteiger partial charge on any atom is 0.289 e. The van der Waals surface area contributed by atoms with Crippen molar-refractivity contribution in [3.8, 4) is 0 Å². The summed E-state index contributed by atoms with van der Waals surface area (Å²) in [6, 6.07) is 8.16. The second kappa shape index (κ2) is 7.00. The smallest absolute Gasteiger partial charge is 0.289 e. The molecule has 6 nitrogen and oxygen atoms in total. The molecule has 1 aromatic heterocycles. The van der Waals surface area contributed by atoms with Crippen LogP contribution in [0.15, 0.2) is 24.3 Å². The number of carbonyl (C=O) groups excluding carboxylic acids is 1. The van der Waals surface area contributed by atoms with Crippen LogP contribution in [0.4, 0.5) is 0 Å². The number of likely N-dealkylation sites (tertiary alicyclic amines) is 1. The van der Waals surface area contributed by atoms with Crippen molar-refractivity contribution in [1.82, 2.24) is 25.0 Å². The van der Waals surface area contributed by atoms with Gasteiger partial charge in [-0.05, 0) is 43.4 Å².